The Kier molecular flexibility index (Phi) is 9.36. The van der Waals surface area contributed by atoms with Gasteiger partial charge in [-0.3, -0.25) is 4.79 Å². The van der Waals surface area contributed by atoms with Crippen LogP contribution in [0.4, 0.5) is 0 Å². The molecule has 0 saturated carbocycles. The van der Waals surface area contributed by atoms with Crippen molar-refractivity contribution in [2.75, 3.05) is 33.4 Å². The Balaban J connectivity index is 0.00000169. The van der Waals surface area contributed by atoms with Crippen molar-refractivity contribution in [2.45, 2.75) is 25.8 Å². The minimum absolute atomic E-state index is 0. The third kappa shape index (κ3) is 5.10. The van der Waals surface area contributed by atoms with Crippen LogP contribution in [0.2, 0.25) is 0 Å². The van der Waals surface area contributed by atoms with Gasteiger partial charge >= 0.3 is 0 Å². The first-order chi connectivity index (χ1) is 11.7. The fourth-order valence-electron chi connectivity index (χ4n) is 3.45. The molecule has 1 aromatic heterocycles. The summed E-state index contributed by atoms with van der Waals surface area (Å²) in [5, 5.41) is 6.42. The standard InChI is InChI=1S/C18H26N4O2.2ClH/c1-24-13-18(7-10-19-11-8-18)17(23)20-9-4-12-22-14-21-15-5-2-3-6-16(15)22;;/h2-3,5-6,14,19H,4,7-13H2,1H3,(H,20,23);2*1H. The van der Waals surface area contributed by atoms with Crippen LogP contribution in [-0.4, -0.2) is 48.8 Å². The number of para-hydroxylation sites is 2. The number of rotatable bonds is 7. The molecule has 0 spiro atoms. The number of amides is 1. The maximum atomic E-state index is 12.6. The third-order valence-corrected chi connectivity index (χ3v) is 4.85. The minimum atomic E-state index is -0.373. The molecule has 0 aliphatic carbocycles. The molecule has 0 radical (unpaired) electrons. The van der Waals surface area contributed by atoms with Gasteiger partial charge in [-0.15, -0.1) is 24.8 Å². The Labute approximate surface area is 166 Å². The number of nitrogens with zero attached hydrogens (tertiary/aromatic N) is 2. The van der Waals surface area contributed by atoms with Gasteiger partial charge < -0.3 is 19.9 Å². The van der Waals surface area contributed by atoms with Gasteiger partial charge in [0.2, 0.25) is 5.91 Å². The van der Waals surface area contributed by atoms with Crippen LogP contribution in [0, 0.1) is 5.41 Å². The van der Waals surface area contributed by atoms with Crippen molar-refractivity contribution in [2.24, 2.45) is 5.41 Å². The van der Waals surface area contributed by atoms with Crippen LogP contribution in [-0.2, 0) is 16.1 Å². The maximum absolute atomic E-state index is 12.6. The highest BCUT2D eigenvalue weighted by atomic mass is 35.5. The summed E-state index contributed by atoms with van der Waals surface area (Å²) in [6, 6.07) is 8.10. The lowest BCUT2D eigenvalue weighted by Crippen LogP contribution is -2.50. The van der Waals surface area contributed by atoms with Crippen LogP contribution in [0.3, 0.4) is 0 Å². The predicted molar refractivity (Wildman–Crippen MR) is 108 cm³/mol. The Morgan fingerprint density at radius 1 is 1.31 bits per heavy atom. The quantitative estimate of drug-likeness (QED) is 0.697. The molecule has 0 bridgehead atoms. The van der Waals surface area contributed by atoms with Gasteiger partial charge in [-0.2, -0.15) is 0 Å². The van der Waals surface area contributed by atoms with E-state index in [-0.39, 0.29) is 36.1 Å². The first-order valence-corrected chi connectivity index (χ1v) is 8.63. The molecular weight excluding hydrogens is 375 g/mol. The van der Waals surface area contributed by atoms with Gasteiger partial charge in [0.05, 0.1) is 29.4 Å². The first-order valence-electron chi connectivity index (χ1n) is 8.63. The first kappa shape index (κ1) is 22.7. The van der Waals surface area contributed by atoms with Crippen molar-refractivity contribution < 1.29 is 9.53 Å². The van der Waals surface area contributed by atoms with Gasteiger partial charge in [-0.25, -0.2) is 4.98 Å². The maximum Gasteiger partial charge on any atom is 0.228 e. The molecule has 2 N–H and O–H groups in total. The molecule has 2 aromatic rings. The van der Waals surface area contributed by atoms with Crippen LogP contribution in [0.15, 0.2) is 30.6 Å². The van der Waals surface area contributed by atoms with Crippen molar-refractivity contribution in [1.82, 2.24) is 20.2 Å². The van der Waals surface area contributed by atoms with Crippen molar-refractivity contribution in [3.05, 3.63) is 30.6 Å². The lowest BCUT2D eigenvalue weighted by Gasteiger charge is -2.35. The molecule has 1 aromatic carbocycles. The van der Waals surface area contributed by atoms with E-state index < -0.39 is 0 Å². The van der Waals surface area contributed by atoms with Crippen molar-refractivity contribution in [3.63, 3.8) is 0 Å². The Morgan fingerprint density at radius 2 is 2.04 bits per heavy atom. The summed E-state index contributed by atoms with van der Waals surface area (Å²) >= 11 is 0. The van der Waals surface area contributed by atoms with Gasteiger partial charge in [0.15, 0.2) is 0 Å². The zero-order valence-corrected chi connectivity index (χ0v) is 16.7. The van der Waals surface area contributed by atoms with E-state index in [2.05, 4.69) is 26.3 Å². The number of benzene rings is 1. The lowest BCUT2D eigenvalue weighted by atomic mass is 9.78. The molecule has 1 aliphatic heterocycles. The number of halogens is 2. The number of aryl methyl sites for hydroxylation is 1. The van der Waals surface area contributed by atoms with Crippen molar-refractivity contribution >= 4 is 41.8 Å². The zero-order valence-electron chi connectivity index (χ0n) is 15.1. The number of nitrogens with one attached hydrogen (secondary N) is 2. The summed E-state index contributed by atoms with van der Waals surface area (Å²) in [7, 11) is 1.67. The van der Waals surface area contributed by atoms with Gasteiger partial charge in [-0.1, -0.05) is 12.1 Å². The Morgan fingerprint density at radius 3 is 2.77 bits per heavy atom. The monoisotopic (exact) mass is 402 g/mol. The predicted octanol–water partition coefficient (Wildman–Crippen LogP) is 2.40. The molecule has 0 unspecified atom stereocenters. The summed E-state index contributed by atoms with van der Waals surface area (Å²) in [4.78, 5) is 17.0. The van der Waals surface area contributed by atoms with E-state index in [4.69, 9.17) is 4.74 Å². The second-order valence-corrected chi connectivity index (χ2v) is 6.50. The van der Waals surface area contributed by atoms with E-state index in [9.17, 15) is 4.79 Å². The highest BCUT2D eigenvalue weighted by Gasteiger charge is 2.39. The minimum Gasteiger partial charge on any atom is -0.384 e. The molecule has 0 atom stereocenters. The lowest BCUT2D eigenvalue weighted by molar-refractivity contribution is -0.136. The average Bonchev–Trinajstić information content (AvgIpc) is 3.03. The van der Waals surface area contributed by atoms with Crippen LogP contribution >= 0.6 is 24.8 Å². The van der Waals surface area contributed by atoms with Crippen LogP contribution in [0.1, 0.15) is 19.3 Å². The van der Waals surface area contributed by atoms with E-state index in [1.165, 1.54) is 0 Å². The van der Waals surface area contributed by atoms with Crippen LogP contribution in [0.5, 0.6) is 0 Å². The summed E-state index contributed by atoms with van der Waals surface area (Å²) in [6.07, 6.45) is 4.41. The number of hydrogen-bond donors (Lipinski definition) is 2. The molecule has 6 nitrogen and oxygen atoms in total. The molecule has 8 heteroatoms. The molecule has 1 aliphatic rings. The number of fused-ring (bicyclic) bond motifs is 1. The normalized spacial score (nSPS) is 15.7. The molecule has 146 valence electrons. The SMILES string of the molecule is COCC1(C(=O)NCCCn2cnc3ccccc32)CCNCC1.Cl.Cl. The van der Waals surface area contributed by atoms with Crippen molar-refractivity contribution in [3.8, 4) is 0 Å². The molecule has 3 rings (SSSR count). The highest BCUT2D eigenvalue weighted by molar-refractivity contribution is 5.85. The molecule has 1 amide bonds. The summed E-state index contributed by atoms with van der Waals surface area (Å²) < 4.78 is 7.45. The van der Waals surface area contributed by atoms with Crippen molar-refractivity contribution in [1.29, 1.82) is 0 Å². The van der Waals surface area contributed by atoms with E-state index in [1.54, 1.807) is 7.11 Å². The fraction of sp³-hybridized carbons (Fsp3) is 0.556. The number of aromatic nitrogens is 2. The zero-order chi connectivity index (χ0) is 16.8. The number of carbonyl (C=O) groups excluding carboxylic acids is 1. The van der Waals surface area contributed by atoms with Gasteiger partial charge in [0, 0.05) is 20.2 Å². The smallest absolute Gasteiger partial charge is 0.228 e. The number of carbonyl (C=O) groups is 1. The van der Waals surface area contributed by atoms with E-state index in [0.29, 0.717) is 13.2 Å². The molecular formula is C18H28Cl2N4O2. The Hall–Kier alpha value is -1.34. The van der Waals surface area contributed by atoms with Crippen LogP contribution < -0.4 is 10.6 Å². The number of imidazole rings is 1. The number of methoxy groups -OCH3 is 1. The second-order valence-electron chi connectivity index (χ2n) is 6.50. The fourth-order valence-corrected chi connectivity index (χ4v) is 3.45. The molecule has 2 heterocycles. The van der Waals surface area contributed by atoms with Gasteiger partial charge in [0.1, 0.15) is 0 Å². The van der Waals surface area contributed by atoms with E-state index in [0.717, 1.165) is 49.9 Å². The van der Waals surface area contributed by atoms with Crippen LogP contribution in [0.25, 0.3) is 11.0 Å². The Bertz CT molecular complexity index is 681. The summed E-state index contributed by atoms with van der Waals surface area (Å²) in [5.41, 5.74) is 1.77. The third-order valence-electron chi connectivity index (χ3n) is 4.85. The number of hydrogen-bond acceptors (Lipinski definition) is 4. The number of ether oxygens (including phenoxy) is 1. The largest absolute Gasteiger partial charge is 0.384 e. The molecule has 1 saturated heterocycles. The molecule has 26 heavy (non-hydrogen) atoms. The summed E-state index contributed by atoms with van der Waals surface area (Å²) in [6.45, 7) is 3.76. The number of piperidine rings is 1. The topological polar surface area (TPSA) is 68.2 Å². The van der Waals surface area contributed by atoms with Gasteiger partial charge in [-0.05, 0) is 44.5 Å². The average molecular weight is 403 g/mol. The van der Waals surface area contributed by atoms with E-state index in [1.807, 2.05) is 24.5 Å². The van der Waals surface area contributed by atoms with E-state index >= 15 is 0 Å². The highest BCUT2D eigenvalue weighted by Crippen LogP contribution is 2.29. The second kappa shape index (κ2) is 10.7. The molecule has 1 fully saturated rings. The van der Waals surface area contributed by atoms with Gasteiger partial charge in [0.25, 0.3) is 0 Å². The summed E-state index contributed by atoms with van der Waals surface area (Å²) in [5.74, 6) is 0.126.